The van der Waals surface area contributed by atoms with Crippen molar-refractivity contribution in [3.63, 3.8) is 0 Å². The maximum atomic E-state index is 14.7. The Kier molecular flexibility index (Phi) is 9.56. The molecule has 0 aliphatic heterocycles. The van der Waals surface area contributed by atoms with Crippen molar-refractivity contribution in [2.24, 2.45) is 11.1 Å². The second kappa shape index (κ2) is 13.4. The molecular weight excluding hydrogens is 560 g/mol. The molecule has 4 N–H and O–H groups in total. The van der Waals surface area contributed by atoms with E-state index in [-0.39, 0.29) is 25.7 Å². The molecule has 0 radical (unpaired) electrons. The molecule has 0 spiro atoms. The maximum Gasteiger partial charge on any atom is 0.238 e. The molecule has 1 aliphatic carbocycles. The lowest BCUT2D eigenvalue weighted by Crippen LogP contribution is -2.66. The van der Waals surface area contributed by atoms with E-state index >= 15 is 0 Å². The fourth-order valence-corrected chi connectivity index (χ4v) is 6.66. The molecule has 0 bridgehead atoms. The highest BCUT2D eigenvalue weighted by molar-refractivity contribution is 6.07. The predicted octanol–water partition coefficient (Wildman–Crippen LogP) is 5.29. The molecule has 4 aromatic carbocycles. The number of carbonyl (C=O) groups excluding carboxylic acids is 2. The van der Waals surface area contributed by atoms with Crippen LogP contribution < -0.4 is 5.73 Å². The van der Waals surface area contributed by atoms with Crippen molar-refractivity contribution < 1.29 is 19.8 Å². The zero-order chi connectivity index (χ0) is 32.1. The van der Waals surface area contributed by atoms with Crippen LogP contribution in [0.3, 0.4) is 0 Å². The SMILES string of the molecule is C[C@@H](N(C(=O)C1(C(N)=O)CC1)[C@H](C)C(O)(Cc1ccccc1)Cc1ccccc1)C(O)(Cc1ccccc1)Cc1ccccc1. The molecule has 1 aliphatic rings. The van der Waals surface area contributed by atoms with Gasteiger partial charge in [0.25, 0.3) is 0 Å². The number of carbonyl (C=O) groups is 2. The van der Waals surface area contributed by atoms with Crippen molar-refractivity contribution in [1.29, 1.82) is 0 Å². The fraction of sp³-hybridized carbons (Fsp3) is 0.333. The average molecular weight is 605 g/mol. The molecule has 0 unspecified atom stereocenters. The Balaban J connectivity index is 1.62. The Morgan fingerprint density at radius 2 is 0.889 bits per heavy atom. The molecular formula is C39H44N2O4. The van der Waals surface area contributed by atoms with Gasteiger partial charge < -0.3 is 20.8 Å². The van der Waals surface area contributed by atoms with Crippen molar-refractivity contribution in [1.82, 2.24) is 4.90 Å². The van der Waals surface area contributed by atoms with Crippen LogP contribution in [0, 0.1) is 5.41 Å². The number of hydrogen-bond acceptors (Lipinski definition) is 4. The molecule has 2 atom stereocenters. The van der Waals surface area contributed by atoms with Crippen LogP contribution in [0.5, 0.6) is 0 Å². The van der Waals surface area contributed by atoms with E-state index in [4.69, 9.17) is 5.73 Å². The van der Waals surface area contributed by atoms with Gasteiger partial charge in [-0.1, -0.05) is 121 Å². The van der Waals surface area contributed by atoms with Gasteiger partial charge in [-0.3, -0.25) is 9.59 Å². The quantitative estimate of drug-likeness (QED) is 0.170. The monoisotopic (exact) mass is 604 g/mol. The highest BCUT2D eigenvalue weighted by atomic mass is 16.3. The summed E-state index contributed by atoms with van der Waals surface area (Å²) < 4.78 is 0. The molecule has 0 heterocycles. The van der Waals surface area contributed by atoms with Crippen LogP contribution in [-0.2, 0) is 35.3 Å². The van der Waals surface area contributed by atoms with Crippen LogP contribution in [-0.4, -0.2) is 50.2 Å². The first-order chi connectivity index (χ1) is 21.6. The molecule has 0 aromatic heterocycles. The van der Waals surface area contributed by atoms with E-state index in [1.54, 1.807) is 4.90 Å². The Morgan fingerprint density at radius 1 is 0.622 bits per heavy atom. The van der Waals surface area contributed by atoms with E-state index in [2.05, 4.69) is 0 Å². The molecule has 6 heteroatoms. The zero-order valence-corrected chi connectivity index (χ0v) is 26.2. The topological polar surface area (TPSA) is 104 Å². The summed E-state index contributed by atoms with van der Waals surface area (Å²) >= 11 is 0. The largest absolute Gasteiger partial charge is 0.387 e. The van der Waals surface area contributed by atoms with E-state index < -0.39 is 40.5 Å². The van der Waals surface area contributed by atoms with E-state index in [9.17, 15) is 19.8 Å². The molecule has 234 valence electrons. The number of aliphatic hydroxyl groups is 2. The third-order valence-electron chi connectivity index (χ3n) is 9.67. The van der Waals surface area contributed by atoms with Crippen LogP contribution in [0.2, 0.25) is 0 Å². The summed E-state index contributed by atoms with van der Waals surface area (Å²) in [7, 11) is 0. The third-order valence-corrected chi connectivity index (χ3v) is 9.67. The van der Waals surface area contributed by atoms with Gasteiger partial charge in [-0.2, -0.15) is 0 Å². The lowest BCUT2D eigenvalue weighted by Gasteiger charge is -2.49. The van der Waals surface area contributed by atoms with Gasteiger partial charge in [-0.15, -0.1) is 0 Å². The number of amides is 2. The molecule has 1 fully saturated rings. The Labute approximate surface area is 266 Å². The minimum absolute atomic E-state index is 0.264. The average Bonchev–Trinajstić information content (AvgIpc) is 3.86. The van der Waals surface area contributed by atoms with Gasteiger partial charge in [-0.05, 0) is 48.9 Å². The van der Waals surface area contributed by atoms with Crippen molar-refractivity contribution in [3.05, 3.63) is 144 Å². The van der Waals surface area contributed by atoms with Crippen LogP contribution in [0.15, 0.2) is 121 Å². The summed E-state index contributed by atoms with van der Waals surface area (Å²) in [5, 5.41) is 25.5. The number of hydrogen-bond donors (Lipinski definition) is 3. The number of rotatable bonds is 14. The normalized spacial score (nSPS) is 15.6. The van der Waals surface area contributed by atoms with E-state index in [0.29, 0.717) is 12.8 Å². The maximum absolute atomic E-state index is 14.7. The van der Waals surface area contributed by atoms with E-state index in [1.807, 2.05) is 135 Å². The summed E-state index contributed by atoms with van der Waals surface area (Å²) in [6.07, 6.45) is 1.75. The second-order valence-electron chi connectivity index (χ2n) is 12.9. The van der Waals surface area contributed by atoms with Gasteiger partial charge in [0.15, 0.2) is 0 Å². The van der Waals surface area contributed by atoms with Crippen LogP contribution in [0.4, 0.5) is 0 Å². The molecule has 2 amide bonds. The van der Waals surface area contributed by atoms with Gasteiger partial charge in [0.1, 0.15) is 5.41 Å². The summed E-state index contributed by atoms with van der Waals surface area (Å²) in [5.41, 5.74) is 5.32. The van der Waals surface area contributed by atoms with Gasteiger partial charge in [0.05, 0.1) is 23.3 Å². The summed E-state index contributed by atoms with van der Waals surface area (Å²) in [5.74, 6) is -1.10. The standard InChI is InChI=1S/C39H44N2O4/c1-29(38(44,25-31-15-7-3-8-16-31)26-32-17-9-4-10-18-32)41(36(43)37(23-24-37)35(40)42)30(2)39(45,27-33-19-11-5-12-20-33)28-34-21-13-6-14-22-34/h3-22,29-30,44-45H,23-28H2,1-2H3,(H2,40,42)/t29-,30-/m1/s1. The third kappa shape index (κ3) is 7.19. The minimum Gasteiger partial charge on any atom is -0.387 e. The molecule has 5 rings (SSSR count). The van der Waals surface area contributed by atoms with E-state index in [1.165, 1.54) is 0 Å². The number of primary amides is 1. The van der Waals surface area contributed by atoms with Gasteiger partial charge in [0.2, 0.25) is 11.8 Å². The fourth-order valence-electron chi connectivity index (χ4n) is 6.66. The van der Waals surface area contributed by atoms with Crippen LogP contribution in [0.1, 0.15) is 48.9 Å². The predicted molar refractivity (Wildman–Crippen MR) is 177 cm³/mol. The number of benzene rings is 4. The molecule has 1 saturated carbocycles. The van der Waals surface area contributed by atoms with Crippen molar-refractivity contribution in [3.8, 4) is 0 Å². The van der Waals surface area contributed by atoms with Crippen molar-refractivity contribution in [2.75, 3.05) is 0 Å². The molecule has 45 heavy (non-hydrogen) atoms. The molecule has 0 saturated heterocycles. The van der Waals surface area contributed by atoms with Gasteiger partial charge in [0, 0.05) is 25.7 Å². The van der Waals surface area contributed by atoms with Crippen molar-refractivity contribution >= 4 is 11.8 Å². The van der Waals surface area contributed by atoms with Crippen LogP contribution in [0.25, 0.3) is 0 Å². The van der Waals surface area contributed by atoms with Gasteiger partial charge >= 0.3 is 0 Å². The lowest BCUT2D eigenvalue weighted by molar-refractivity contribution is -0.162. The first-order valence-corrected chi connectivity index (χ1v) is 15.8. The molecule has 6 nitrogen and oxygen atoms in total. The van der Waals surface area contributed by atoms with Crippen molar-refractivity contribution in [2.45, 2.75) is 75.7 Å². The summed E-state index contributed by atoms with van der Waals surface area (Å²) in [6.45, 7) is 3.67. The van der Waals surface area contributed by atoms with Gasteiger partial charge in [-0.25, -0.2) is 0 Å². The highest BCUT2D eigenvalue weighted by Gasteiger charge is 2.60. The lowest BCUT2D eigenvalue weighted by atomic mass is 9.77. The van der Waals surface area contributed by atoms with Crippen LogP contribution >= 0.6 is 0 Å². The number of nitrogens with zero attached hydrogens (tertiary/aromatic N) is 1. The Hall–Kier alpha value is -4.26. The number of nitrogens with two attached hydrogens (primary N) is 1. The smallest absolute Gasteiger partial charge is 0.238 e. The zero-order valence-electron chi connectivity index (χ0n) is 26.2. The Morgan fingerprint density at radius 3 is 1.11 bits per heavy atom. The first kappa shape index (κ1) is 32.1. The summed E-state index contributed by atoms with van der Waals surface area (Å²) in [4.78, 5) is 29.0. The summed E-state index contributed by atoms with van der Waals surface area (Å²) in [6, 6.07) is 37.3. The second-order valence-corrected chi connectivity index (χ2v) is 12.9. The van der Waals surface area contributed by atoms with E-state index in [0.717, 1.165) is 22.3 Å². The highest BCUT2D eigenvalue weighted by Crippen LogP contribution is 2.49. The first-order valence-electron chi connectivity index (χ1n) is 15.8. The Bertz CT molecular complexity index is 1370. The minimum atomic E-state index is -1.44. The molecule has 4 aromatic rings.